The van der Waals surface area contributed by atoms with Gasteiger partial charge in [0.2, 0.25) is 15.9 Å². The van der Waals surface area contributed by atoms with E-state index in [1.807, 2.05) is 26.0 Å². The van der Waals surface area contributed by atoms with Gasteiger partial charge in [0.15, 0.2) is 0 Å². The number of benzene rings is 2. The summed E-state index contributed by atoms with van der Waals surface area (Å²) >= 11 is 5.92. The van der Waals surface area contributed by atoms with Gasteiger partial charge < -0.3 is 5.32 Å². The molecule has 2 rings (SSSR count). The third kappa shape index (κ3) is 7.02. The molecule has 0 aliphatic carbocycles. The quantitative estimate of drug-likeness (QED) is 0.271. The van der Waals surface area contributed by atoms with Gasteiger partial charge in [0.05, 0.1) is 4.90 Å². The highest BCUT2D eigenvalue weighted by atomic mass is 35.5. The average Bonchev–Trinajstić information content (AvgIpc) is 2.84. The van der Waals surface area contributed by atoms with E-state index in [-0.39, 0.29) is 16.7 Å². The third-order valence-corrected chi connectivity index (χ3v) is 7.73. The first kappa shape index (κ1) is 27.8. The summed E-state index contributed by atoms with van der Waals surface area (Å²) in [6, 6.07) is 11.4. The van der Waals surface area contributed by atoms with Crippen LogP contribution < -0.4 is 15.5 Å². The van der Waals surface area contributed by atoms with Gasteiger partial charge in [-0.15, -0.1) is 0 Å². The smallest absolute Gasteiger partial charge is 0.266 e. The van der Waals surface area contributed by atoms with Crippen LogP contribution in [0.1, 0.15) is 40.5 Å². The molecule has 0 radical (unpaired) electrons. The van der Waals surface area contributed by atoms with E-state index in [0.29, 0.717) is 17.9 Å². The number of rotatable bonds is 11. The summed E-state index contributed by atoms with van der Waals surface area (Å²) in [5.74, 6) is -2.01. The van der Waals surface area contributed by atoms with Gasteiger partial charge in [0.1, 0.15) is 12.1 Å². The molecule has 0 aliphatic heterocycles. The molecule has 0 aliphatic rings. The SMILES string of the molecule is CC[C@H](C)[C@@H](NC(=O)[C@H](NS(=O)(=O)c1ccc(-c2ccc(Cl)cc2)cc1)[C@@H](C)CC)C(=O)NO. The Hall–Kier alpha value is -2.46. The molecule has 34 heavy (non-hydrogen) atoms. The number of amides is 2. The lowest BCUT2D eigenvalue weighted by Crippen LogP contribution is -2.57. The van der Waals surface area contributed by atoms with Crippen molar-refractivity contribution < 1.29 is 23.2 Å². The Morgan fingerprint density at radius 3 is 1.79 bits per heavy atom. The first-order chi connectivity index (χ1) is 16.0. The first-order valence-electron chi connectivity index (χ1n) is 11.2. The minimum absolute atomic E-state index is 0.0119. The van der Waals surface area contributed by atoms with Crippen LogP contribution in [0.4, 0.5) is 0 Å². The lowest BCUT2D eigenvalue weighted by atomic mass is 9.95. The highest BCUT2D eigenvalue weighted by molar-refractivity contribution is 7.89. The molecule has 0 saturated heterocycles. The highest BCUT2D eigenvalue weighted by Crippen LogP contribution is 2.23. The second kappa shape index (κ2) is 12.3. The molecule has 0 bridgehead atoms. The number of carbonyl (C=O) groups excluding carboxylic acids is 2. The zero-order valence-electron chi connectivity index (χ0n) is 19.7. The number of hydroxylamine groups is 1. The van der Waals surface area contributed by atoms with Crippen LogP contribution in [0.15, 0.2) is 53.4 Å². The number of hydrogen-bond acceptors (Lipinski definition) is 5. The summed E-state index contributed by atoms with van der Waals surface area (Å²) in [7, 11) is -4.03. The lowest BCUT2D eigenvalue weighted by molar-refractivity contribution is -0.136. The maximum Gasteiger partial charge on any atom is 0.266 e. The fraction of sp³-hybridized carbons (Fsp3) is 0.417. The fourth-order valence-corrected chi connectivity index (χ4v) is 4.81. The van der Waals surface area contributed by atoms with Crippen molar-refractivity contribution in [2.24, 2.45) is 11.8 Å². The van der Waals surface area contributed by atoms with Crippen LogP contribution in [0.5, 0.6) is 0 Å². The van der Waals surface area contributed by atoms with Gasteiger partial charge in [-0.25, -0.2) is 13.9 Å². The zero-order valence-corrected chi connectivity index (χ0v) is 21.3. The second-order valence-corrected chi connectivity index (χ2v) is 10.5. The average molecular weight is 510 g/mol. The highest BCUT2D eigenvalue weighted by Gasteiger charge is 2.33. The van der Waals surface area contributed by atoms with E-state index in [1.54, 1.807) is 43.6 Å². The molecule has 2 amide bonds. The molecule has 0 aromatic heterocycles. The first-order valence-corrected chi connectivity index (χ1v) is 13.0. The summed E-state index contributed by atoms with van der Waals surface area (Å²) in [6.07, 6.45) is 1.09. The van der Waals surface area contributed by atoms with E-state index >= 15 is 0 Å². The molecule has 186 valence electrons. The zero-order chi connectivity index (χ0) is 25.5. The van der Waals surface area contributed by atoms with Gasteiger partial charge in [-0.05, 0) is 47.2 Å². The Balaban J connectivity index is 2.26. The topological polar surface area (TPSA) is 125 Å². The molecule has 0 spiro atoms. The van der Waals surface area contributed by atoms with E-state index in [1.165, 1.54) is 12.1 Å². The van der Waals surface area contributed by atoms with Gasteiger partial charge in [-0.3, -0.25) is 14.8 Å². The van der Waals surface area contributed by atoms with Crippen molar-refractivity contribution in [3.63, 3.8) is 0 Å². The third-order valence-electron chi connectivity index (χ3n) is 6.02. The molecule has 0 saturated carbocycles. The van der Waals surface area contributed by atoms with E-state index in [0.717, 1.165) is 11.1 Å². The van der Waals surface area contributed by atoms with E-state index in [2.05, 4.69) is 10.0 Å². The number of carbonyl (C=O) groups is 2. The van der Waals surface area contributed by atoms with Crippen molar-refractivity contribution in [3.05, 3.63) is 53.6 Å². The molecule has 4 N–H and O–H groups in total. The second-order valence-electron chi connectivity index (χ2n) is 8.36. The molecular weight excluding hydrogens is 478 g/mol. The molecule has 8 nitrogen and oxygen atoms in total. The number of hydrogen-bond donors (Lipinski definition) is 4. The molecule has 4 atom stereocenters. The summed E-state index contributed by atoms with van der Waals surface area (Å²) in [6.45, 7) is 7.19. The molecule has 0 heterocycles. The minimum atomic E-state index is -4.03. The normalized spacial score (nSPS) is 15.1. The number of halogens is 1. The Kier molecular flexibility index (Phi) is 10.1. The summed E-state index contributed by atoms with van der Waals surface area (Å²) in [5.41, 5.74) is 3.27. The minimum Gasteiger partial charge on any atom is -0.343 e. The van der Waals surface area contributed by atoms with Crippen molar-refractivity contribution >= 4 is 33.4 Å². The Morgan fingerprint density at radius 1 is 0.853 bits per heavy atom. The standard InChI is InChI=1S/C24H32ClN3O5S/c1-5-15(3)21(24(30)27-31)26-23(29)22(16(4)6-2)28-34(32,33)20-13-9-18(10-14-20)17-7-11-19(25)12-8-17/h7-16,21-22,28,31H,5-6H2,1-4H3,(H,26,29)(H,27,30)/t15-,16-,21+,22+/m0/s1. The van der Waals surface area contributed by atoms with E-state index in [4.69, 9.17) is 16.8 Å². The summed E-state index contributed by atoms with van der Waals surface area (Å²) in [5, 5.41) is 12.2. The van der Waals surface area contributed by atoms with Crippen LogP contribution in [0.2, 0.25) is 5.02 Å². The van der Waals surface area contributed by atoms with Gasteiger partial charge in [0.25, 0.3) is 5.91 Å². The van der Waals surface area contributed by atoms with E-state index in [9.17, 15) is 18.0 Å². The molecule has 2 aromatic carbocycles. The molecular formula is C24H32ClN3O5S. The van der Waals surface area contributed by atoms with Crippen molar-refractivity contribution in [1.82, 2.24) is 15.5 Å². The van der Waals surface area contributed by atoms with Crippen LogP contribution in [-0.4, -0.2) is 37.5 Å². The van der Waals surface area contributed by atoms with Gasteiger partial charge >= 0.3 is 0 Å². The van der Waals surface area contributed by atoms with Crippen molar-refractivity contribution in [1.29, 1.82) is 0 Å². The van der Waals surface area contributed by atoms with Crippen LogP contribution in [0, 0.1) is 11.8 Å². The summed E-state index contributed by atoms with van der Waals surface area (Å²) < 4.78 is 28.7. The Morgan fingerprint density at radius 2 is 1.32 bits per heavy atom. The van der Waals surface area contributed by atoms with Gasteiger partial charge in [0, 0.05) is 5.02 Å². The van der Waals surface area contributed by atoms with Crippen LogP contribution >= 0.6 is 11.6 Å². The fourth-order valence-electron chi connectivity index (χ4n) is 3.38. The van der Waals surface area contributed by atoms with Crippen molar-refractivity contribution in [2.75, 3.05) is 0 Å². The van der Waals surface area contributed by atoms with Gasteiger partial charge in [-0.2, -0.15) is 4.72 Å². The van der Waals surface area contributed by atoms with Crippen molar-refractivity contribution in [2.45, 2.75) is 57.5 Å². The molecule has 0 unspecified atom stereocenters. The largest absolute Gasteiger partial charge is 0.343 e. The van der Waals surface area contributed by atoms with Crippen molar-refractivity contribution in [3.8, 4) is 11.1 Å². The Labute approximate surface area is 206 Å². The van der Waals surface area contributed by atoms with Gasteiger partial charge in [-0.1, -0.05) is 76.4 Å². The maximum absolute atomic E-state index is 13.1. The van der Waals surface area contributed by atoms with Crippen LogP contribution in [0.3, 0.4) is 0 Å². The predicted octanol–water partition coefficient (Wildman–Crippen LogP) is 3.74. The van der Waals surface area contributed by atoms with Crippen LogP contribution in [0.25, 0.3) is 11.1 Å². The monoisotopic (exact) mass is 509 g/mol. The summed E-state index contributed by atoms with van der Waals surface area (Å²) in [4.78, 5) is 25.1. The Bertz CT molecular complexity index is 1070. The maximum atomic E-state index is 13.1. The molecule has 2 aromatic rings. The lowest BCUT2D eigenvalue weighted by Gasteiger charge is -2.28. The molecule has 0 fully saturated rings. The van der Waals surface area contributed by atoms with E-state index < -0.39 is 33.9 Å². The molecule has 10 heteroatoms. The number of nitrogens with one attached hydrogen (secondary N) is 3. The predicted molar refractivity (Wildman–Crippen MR) is 132 cm³/mol. The number of sulfonamides is 1. The van der Waals surface area contributed by atoms with Crippen LogP contribution in [-0.2, 0) is 19.6 Å².